The van der Waals surface area contributed by atoms with Crippen LogP contribution in [0.25, 0.3) is 10.9 Å². The Morgan fingerprint density at radius 2 is 1.83 bits per heavy atom. The average molecular weight is 473 g/mol. The number of carbonyl (C=O) groups is 1. The van der Waals surface area contributed by atoms with Gasteiger partial charge in [0.2, 0.25) is 5.91 Å². The van der Waals surface area contributed by atoms with Crippen molar-refractivity contribution in [1.29, 1.82) is 0 Å². The normalized spacial score (nSPS) is 11.9. The molecule has 180 valence electrons. The number of amides is 1. The van der Waals surface area contributed by atoms with Crippen molar-refractivity contribution in [3.63, 3.8) is 0 Å². The lowest BCUT2D eigenvalue weighted by Gasteiger charge is -2.11. The standard InChI is InChI=1S/C28H29FN4O2/c1-18(34)30-14-13-19-5-4-6-21(15-19)27(31-23-10-7-20(8-11-23)17-33(2)3)26-24-12-9-22(29)16-25(24)32-28(26)35/h4-12,15-16,32,35H,13-14,17H2,1-3H3,(H,30,34). The number of H-pyrrole nitrogens is 1. The van der Waals surface area contributed by atoms with Gasteiger partial charge in [-0.25, -0.2) is 9.38 Å². The molecule has 1 amide bonds. The van der Waals surface area contributed by atoms with E-state index in [1.165, 1.54) is 24.6 Å². The second-order valence-corrected chi connectivity index (χ2v) is 8.84. The van der Waals surface area contributed by atoms with Gasteiger partial charge in [-0.05, 0) is 68.0 Å². The fourth-order valence-electron chi connectivity index (χ4n) is 4.09. The molecule has 0 aliphatic carbocycles. The highest BCUT2D eigenvalue weighted by atomic mass is 19.1. The smallest absolute Gasteiger partial charge is 0.216 e. The number of fused-ring (bicyclic) bond motifs is 1. The second-order valence-electron chi connectivity index (χ2n) is 8.84. The van der Waals surface area contributed by atoms with E-state index >= 15 is 0 Å². The summed E-state index contributed by atoms with van der Waals surface area (Å²) in [5.41, 5.74) is 5.31. The van der Waals surface area contributed by atoms with Crippen LogP contribution in [0.1, 0.15) is 29.2 Å². The molecule has 0 unspecified atom stereocenters. The first-order chi connectivity index (χ1) is 16.8. The number of aromatic nitrogens is 1. The summed E-state index contributed by atoms with van der Waals surface area (Å²) in [6.45, 7) is 2.84. The summed E-state index contributed by atoms with van der Waals surface area (Å²) in [5.74, 6) is -0.533. The van der Waals surface area contributed by atoms with Crippen molar-refractivity contribution < 1.29 is 14.3 Å². The zero-order valence-electron chi connectivity index (χ0n) is 20.1. The van der Waals surface area contributed by atoms with Gasteiger partial charge in [0.25, 0.3) is 0 Å². The summed E-state index contributed by atoms with van der Waals surface area (Å²) < 4.78 is 13.8. The molecule has 4 rings (SSSR count). The third-order valence-corrected chi connectivity index (χ3v) is 5.64. The Hall–Kier alpha value is -3.97. The molecule has 0 atom stereocenters. The lowest BCUT2D eigenvalue weighted by atomic mass is 9.98. The Morgan fingerprint density at radius 3 is 2.54 bits per heavy atom. The lowest BCUT2D eigenvalue weighted by molar-refractivity contribution is -0.118. The van der Waals surface area contributed by atoms with Crippen LogP contribution in [0.2, 0.25) is 0 Å². The van der Waals surface area contributed by atoms with E-state index in [0.29, 0.717) is 35.1 Å². The van der Waals surface area contributed by atoms with Crippen molar-refractivity contribution in [2.45, 2.75) is 19.9 Å². The van der Waals surface area contributed by atoms with Crippen molar-refractivity contribution in [2.75, 3.05) is 20.6 Å². The first-order valence-electron chi connectivity index (χ1n) is 11.5. The van der Waals surface area contributed by atoms with Crippen LogP contribution in [-0.2, 0) is 17.8 Å². The lowest BCUT2D eigenvalue weighted by Crippen LogP contribution is -2.22. The highest BCUT2D eigenvalue weighted by Gasteiger charge is 2.19. The molecule has 0 aliphatic heterocycles. The zero-order chi connectivity index (χ0) is 24.9. The zero-order valence-corrected chi connectivity index (χ0v) is 20.1. The molecule has 4 aromatic rings. The number of halogens is 1. The third kappa shape index (κ3) is 5.94. The largest absolute Gasteiger partial charge is 0.494 e. The topological polar surface area (TPSA) is 80.7 Å². The van der Waals surface area contributed by atoms with Crippen molar-refractivity contribution in [3.8, 4) is 5.88 Å². The molecule has 0 aliphatic rings. The summed E-state index contributed by atoms with van der Waals surface area (Å²) >= 11 is 0. The number of nitrogens with zero attached hydrogens (tertiary/aromatic N) is 2. The number of nitrogens with one attached hydrogen (secondary N) is 2. The van der Waals surface area contributed by atoms with Crippen LogP contribution in [-0.4, -0.2) is 47.2 Å². The van der Waals surface area contributed by atoms with Crippen LogP contribution in [0, 0.1) is 5.82 Å². The van der Waals surface area contributed by atoms with Crippen LogP contribution < -0.4 is 5.32 Å². The number of benzene rings is 3. The van der Waals surface area contributed by atoms with Gasteiger partial charge in [0.15, 0.2) is 5.88 Å². The fraction of sp³-hybridized carbons (Fsp3) is 0.214. The maximum Gasteiger partial charge on any atom is 0.216 e. The number of hydrogen-bond donors (Lipinski definition) is 3. The second kappa shape index (κ2) is 10.5. The predicted octanol–water partition coefficient (Wildman–Crippen LogP) is 4.92. The van der Waals surface area contributed by atoms with E-state index < -0.39 is 0 Å². The number of rotatable bonds is 8. The number of carbonyl (C=O) groups excluding carboxylic acids is 1. The van der Waals surface area contributed by atoms with Gasteiger partial charge in [-0.1, -0.05) is 30.3 Å². The Labute approximate surface area is 204 Å². The predicted molar refractivity (Wildman–Crippen MR) is 138 cm³/mol. The molecule has 0 fully saturated rings. The average Bonchev–Trinajstić information content (AvgIpc) is 3.12. The van der Waals surface area contributed by atoms with Crippen molar-refractivity contribution >= 4 is 28.2 Å². The summed E-state index contributed by atoms with van der Waals surface area (Å²) in [6, 6.07) is 20.2. The first-order valence-corrected chi connectivity index (χ1v) is 11.5. The molecule has 0 radical (unpaired) electrons. The van der Waals surface area contributed by atoms with E-state index in [1.54, 1.807) is 6.07 Å². The van der Waals surface area contributed by atoms with E-state index in [9.17, 15) is 14.3 Å². The van der Waals surface area contributed by atoms with Gasteiger partial charge in [-0.15, -0.1) is 0 Å². The quantitative estimate of drug-likeness (QED) is 0.318. The molecule has 0 saturated carbocycles. The molecule has 1 aromatic heterocycles. The highest BCUT2D eigenvalue weighted by molar-refractivity contribution is 6.21. The highest BCUT2D eigenvalue weighted by Crippen LogP contribution is 2.32. The third-order valence-electron chi connectivity index (χ3n) is 5.64. The van der Waals surface area contributed by atoms with Gasteiger partial charge >= 0.3 is 0 Å². The molecular formula is C28H29FN4O2. The number of hydrogen-bond acceptors (Lipinski definition) is 4. The molecule has 3 N–H and O–H groups in total. The van der Waals surface area contributed by atoms with E-state index in [-0.39, 0.29) is 17.6 Å². The van der Waals surface area contributed by atoms with Gasteiger partial charge < -0.3 is 20.3 Å². The van der Waals surface area contributed by atoms with Gasteiger partial charge in [0.05, 0.1) is 22.5 Å². The molecule has 0 spiro atoms. The van der Waals surface area contributed by atoms with Crippen LogP contribution in [0.3, 0.4) is 0 Å². The Balaban J connectivity index is 1.80. The summed E-state index contributed by atoms with van der Waals surface area (Å²) in [7, 11) is 4.04. The summed E-state index contributed by atoms with van der Waals surface area (Å²) in [6.07, 6.45) is 0.658. The first kappa shape index (κ1) is 24.2. The maximum atomic E-state index is 13.8. The maximum absolute atomic E-state index is 13.8. The van der Waals surface area contributed by atoms with Crippen LogP contribution in [0.5, 0.6) is 5.88 Å². The van der Waals surface area contributed by atoms with Gasteiger partial charge in [0, 0.05) is 31.0 Å². The van der Waals surface area contributed by atoms with Crippen molar-refractivity contribution in [2.24, 2.45) is 4.99 Å². The van der Waals surface area contributed by atoms with E-state index in [2.05, 4.69) is 15.2 Å². The SMILES string of the molecule is CC(=O)NCCc1cccc(C(=Nc2ccc(CN(C)C)cc2)c2c(O)[nH]c3cc(F)ccc23)c1. The van der Waals surface area contributed by atoms with Crippen LogP contribution >= 0.6 is 0 Å². The Kier molecular flexibility index (Phi) is 7.27. The molecule has 35 heavy (non-hydrogen) atoms. The molecule has 3 aromatic carbocycles. The molecule has 7 heteroatoms. The Bertz CT molecular complexity index is 1370. The van der Waals surface area contributed by atoms with E-state index in [4.69, 9.17) is 4.99 Å². The summed E-state index contributed by atoms with van der Waals surface area (Å²) in [4.78, 5) is 21.2. The molecule has 0 bridgehead atoms. The van der Waals surface area contributed by atoms with Crippen molar-refractivity contribution in [3.05, 3.63) is 94.8 Å². The minimum atomic E-state index is -0.389. The van der Waals surface area contributed by atoms with Gasteiger partial charge in [-0.2, -0.15) is 0 Å². The van der Waals surface area contributed by atoms with Crippen molar-refractivity contribution in [1.82, 2.24) is 15.2 Å². The molecular weight excluding hydrogens is 443 g/mol. The Morgan fingerprint density at radius 1 is 1.06 bits per heavy atom. The van der Waals surface area contributed by atoms with Crippen LogP contribution in [0.4, 0.5) is 10.1 Å². The number of aromatic hydroxyl groups is 1. The fourth-order valence-corrected chi connectivity index (χ4v) is 4.09. The van der Waals surface area contributed by atoms with Gasteiger partial charge in [0.1, 0.15) is 5.82 Å². The monoisotopic (exact) mass is 472 g/mol. The number of aromatic amines is 1. The van der Waals surface area contributed by atoms with Gasteiger partial charge in [-0.3, -0.25) is 4.79 Å². The minimum Gasteiger partial charge on any atom is -0.494 e. The minimum absolute atomic E-state index is 0.0720. The summed E-state index contributed by atoms with van der Waals surface area (Å²) in [5, 5.41) is 14.3. The van der Waals surface area contributed by atoms with E-state index in [1.807, 2.05) is 62.6 Å². The number of aliphatic imine (C=N–C) groups is 1. The van der Waals surface area contributed by atoms with Crippen LogP contribution in [0.15, 0.2) is 71.7 Å². The van der Waals surface area contributed by atoms with E-state index in [0.717, 1.165) is 23.4 Å². The molecule has 6 nitrogen and oxygen atoms in total. The molecule has 1 heterocycles. The molecule has 0 saturated heterocycles.